The number of benzene rings is 2. The van der Waals surface area contributed by atoms with E-state index < -0.39 is 17.8 Å². The third kappa shape index (κ3) is 7.72. The molecule has 10 nitrogen and oxygen atoms in total. The summed E-state index contributed by atoms with van der Waals surface area (Å²) in [6, 6.07) is 12.6. The van der Waals surface area contributed by atoms with E-state index in [0.29, 0.717) is 46.6 Å². The molecule has 0 aliphatic carbocycles. The third-order valence-electron chi connectivity index (χ3n) is 6.98. The van der Waals surface area contributed by atoms with E-state index in [2.05, 4.69) is 35.8 Å². The lowest BCUT2D eigenvalue weighted by Gasteiger charge is -2.18. The predicted molar refractivity (Wildman–Crippen MR) is 161 cm³/mol. The Hall–Kier alpha value is -4.91. The second kappa shape index (κ2) is 13.6. The van der Waals surface area contributed by atoms with E-state index >= 15 is 0 Å². The average Bonchev–Trinajstić information content (AvgIpc) is 3.52. The molecule has 2 aromatic heterocycles. The zero-order chi connectivity index (χ0) is 31.1. The number of nitrogens with one attached hydrogen (secondary N) is 3. The summed E-state index contributed by atoms with van der Waals surface area (Å²) in [4.78, 5) is 28.1. The fourth-order valence-corrected chi connectivity index (χ4v) is 4.75. The summed E-state index contributed by atoms with van der Waals surface area (Å²) in [6.07, 6.45) is 0.886. The molecule has 230 valence electrons. The Morgan fingerprint density at radius 1 is 0.977 bits per heavy atom. The molecular weight excluding hydrogens is 575 g/mol. The molecule has 1 aliphatic rings. The number of nitrogens with zero attached hydrogens (tertiary/aromatic N) is 4. The Bertz CT molecular complexity index is 1610. The minimum atomic E-state index is -4.58. The first-order valence-corrected chi connectivity index (χ1v) is 14.1. The maximum absolute atomic E-state index is 13.4. The molecule has 2 amide bonds. The standard InChI is InChI=1S/C31H32F3N7O3/c1-20-18-22(8-10-26(20)44-28-23(6-5-12-36-28)24-11-13-37-29(35-2)39-24)38-30(42)40-25-19-21(31(32,33)34)7-9-27(25)43-17-16-41-14-3-4-15-41/h5-13,18-19H,3-4,14-17H2,1-2H3,(H,35,37,39)(H2,38,40,42). The largest absolute Gasteiger partial charge is 0.490 e. The summed E-state index contributed by atoms with van der Waals surface area (Å²) in [6.45, 7) is 4.67. The number of carbonyl (C=O) groups is 1. The van der Waals surface area contributed by atoms with E-state index in [1.165, 1.54) is 6.07 Å². The van der Waals surface area contributed by atoms with Crippen molar-refractivity contribution in [1.82, 2.24) is 19.9 Å². The van der Waals surface area contributed by atoms with E-state index in [1.54, 1.807) is 56.7 Å². The minimum Gasteiger partial charge on any atom is -0.490 e. The van der Waals surface area contributed by atoms with Gasteiger partial charge in [0.05, 0.1) is 22.5 Å². The number of aryl methyl sites for hydroxylation is 1. The normalized spacial score (nSPS) is 13.4. The lowest BCUT2D eigenvalue weighted by molar-refractivity contribution is -0.137. The molecule has 44 heavy (non-hydrogen) atoms. The summed E-state index contributed by atoms with van der Waals surface area (Å²) in [5, 5.41) is 8.08. The highest BCUT2D eigenvalue weighted by molar-refractivity contribution is 6.00. The highest BCUT2D eigenvalue weighted by Crippen LogP contribution is 2.36. The van der Waals surface area contributed by atoms with Gasteiger partial charge in [0, 0.05) is 31.7 Å². The molecule has 0 bridgehead atoms. The molecule has 5 rings (SSSR count). The van der Waals surface area contributed by atoms with Crippen molar-refractivity contribution < 1.29 is 27.4 Å². The van der Waals surface area contributed by atoms with Crippen LogP contribution in [0.1, 0.15) is 24.0 Å². The number of hydrogen-bond acceptors (Lipinski definition) is 8. The van der Waals surface area contributed by atoms with Crippen molar-refractivity contribution in [2.75, 3.05) is 49.2 Å². The van der Waals surface area contributed by atoms with Crippen molar-refractivity contribution in [2.45, 2.75) is 25.9 Å². The van der Waals surface area contributed by atoms with Crippen LogP contribution in [-0.4, -0.2) is 59.2 Å². The molecule has 0 spiro atoms. The second-order valence-corrected chi connectivity index (χ2v) is 10.1. The quantitative estimate of drug-likeness (QED) is 0.180. The smallest absolute Gasteiger partial charge is 0.416 e. The molecule has 1 aliphatic heterocycles. The molecule has 3 heterocycles. The Kier molecular flexibility index (Phi) is 9.44. The minimum absolute atomic E-state index is 0.0794. The van der Waals surface area contributed by atoms with Crippen LogP contribution in [0.2, 0.25) is 0 Å². The second-order valence-electron chi connectivity index (χ2n) is 10.1. The van der Waals surface area contributed by atoms with E-state index in [0.717, 1.165) is 38.1 Å². The molecule has 3 N–H and O–H groups in total. The number of halogens is 3. The monoisotopic (exact) mass is 607 g/mol. The van der Waals surface area contributed by atoms with Gasteiger partial charge in [0.2, 0.25) is 11.8 Å². The third-order valence-corrected chi connectivity index (χ3v) is 6.98. The number of carbonyl (C=O) groups excluding carboxylic acids is 1. The van der Waals surface area contributed by atoms with Crippen LogP contribution in [-0.2, 0) is 6.18 Å². The van der Waals surface area contributed by atoms with Crippen molar-refractivity contribution in [3.8, 4) is 28.6 Å². The van der Waals surface area contributed by atoms with Crippen LogP contribution in [0.4, 0.5) is 35.3 Å². The molecule has 0 unspecified atom stereocenters. The Balaban J connectivity index is 1.27. The van der Waals surface area contributed by atoms with Crippen LogP contribution in [0.25, 0.3) is 11.3 Å². The predicted octanol–water partition coefficient (Wildman–Crippen LogP) is 6.82. The summed E-state index contributed by atoms with van der Waals surface area (Å²) < 4.78 is 52.2. The van der Waals surface area contributed by atoms with Gasteiger partial charge in [-0.3, -0.25) is 4.90 Å². The Labute approximate surface area is 252 Å². The van der Waals surface area contributed by atoms with Gasteiger partial charge in [-0.1, -0.05) is 0 Å². The fraction of sp³-hybridized carbons (Fsp3) is 0.290. The topological polar surface area (TPSA) is 114 Å². The van der Waals surface area contributed by atoms with Crippen molar-refractivity contribution in [1.29, 1.82) is 0 Å². The number of likely N-dealkylation sites (tertiary alicyclic amines) is 1. The number of pyridine rings is 1. The van der Waals surface area contributed by atoms with Crippen LogP contribution >= 0.6 is 0 Å². The van der Waals surface area contributed by atoms with Crippen molar-refractivity contribution in [3.63, 3.8) is 0 Å². The van der Waals surface area contributed by atoms with Gasteiger partial charge >= 0.3 is 12.2 Å². The van der Waals surface area contributed by atoms with Gasteiger partial charge in [-0.05, 0) is 93.0 Å². The van der Waals surface area contributed by atoms with E-state index in [4.69, 9.17) is 9.47 Å². The lowest BCUT2D eigenvalue weighted by Crippen LogP contribution is -2.25. The molecule has 1 fully saturated rings. The molecule has 2 aromatic carbocycles. The van der Waals surface area contributed by atoms with Crippen LogP contribution in [0.5, 0.6) is 17.4 Å². The van der Waals surface area contributed by atoms with E-state index in [1.807, 2.05) is 6.07 Å². The zero-order valence-electron chi connectivity index (χ0n) is 24.2. The number of urea groups is 1. The summed E-state index contributed by atoms with van der Waals surface area (Å²) in [5.41, 5.74) is 1.40. The summed E-state index contributed by atoms with van der Waals surface area (Å²) in [5.74, 6) is 1.43. The number of rotatable bonds is 10. The number of anilines is 3. The maximum Gasteiger partial charge on any atom is 0.416 e. The van der Waals surface area contributed by atoms with E-state index in [9.17, 15) is 18.0 Å². The SMILES string of the molecule is CNc1nccc(-c2cccnc2Oc2ccc(NC(=O)Nc3cc(C(F)(F)F)ccc3OCCN3CCCC3)cc2C)n1. The van der Waals surface area contributed by atoms with Gasteiger partial charge in [-0.25, -0.2) is 19.7 Å². The highest BCUT2D eigenvalue weighted by Gasteiger charge is 2.31. The zero-order valence-corrected chi connectivity index (χ0v) is 24.2. The molecule has 4 aromatic rings. The molecule has 0 atom stereocenters. The fourth-order valence-electron chi connectivity index (χ4n) is 4.75. The number of alkyl halides is 3. The van der Waals surface area contributed by atoms with Crippen LogP contribution in [0, 0.1) is 6.92 Å². The Morgan fingerprint density at radius 3 is 2.52 bits per heavy atom. The number of ether oxygens (including phenoxy) is 2. The Morgan fingerprint density at radius 2 is 1.77 bits per heavy atom. The number of hydrogen-bond donors (Lipinski definition) is 3. The number of amides is 2. The van der Waals surface area contributed by atoms with Crippen molar-refractivity contribution in [2.24, 2.45) is 0 Å². The first-order valence-electron chi connectivity index (χ1n) is 14.1. The van der Waals surface area contributed by atoms with Gasteiger partial charge in [0.1, 0.15) is 18.1 Å². The van der Waals surface area contributed by atoms with Gasteiger partial charge < -0.3 is 25.4 Å². The lowest BCUT2D eigenvalue weighted by atomic mass is 10.1. The van der Waals surface area contributed by atoms with Crippen LogP contribution < -0.4 is 25.4 Å². The molecular formula is C31H32F3N7O3. The summed E-state index contributed by atoms with van der Waals surface area (Å²) >= 11 is 0. The molecule has 1 saturated heterocycles. The first kappa shape index (κ1) is 30.5. The van der Waals surface area contributed by atoms with Gasteiger partial charge in [0.15, 0.2) is 0 Å². The summed E-state index contributed by atoms with van der Waals surface area (Å²) in [7, 11) is 1.72. The average molecular weight is 608 g/mol. The number of aromatic nitrogens is 3. The molecule has 13 heteroatoms. The van der Waals surface area contributed by atoms with Crippen molar-refractivity contribution in [3.05, 3.63) is 78.1 Å². The first-order chi connectivity index (χ1) is 21.2. The molecule has 0 radical (unpaired) electrons. The molecule has 0 saturated carbocycles. The van der Waals surface area contributed by atoms with Crippen LogP contribution in [0.15, 0.2) is 67.0 Å². The maximum atomic E-state index is 13.4. The van der Waals surface area contributed by atoms with Gasteiger partial charge in [0.25, 0.3) is 0 Å². The highest BCUT2D eigenvalue weighted by atomic mass is 19.4. The van der Waals surface area contributed by atoms with Crippen LogP contribution in [0.3, 0.4) is 0 Å². The van der Waals surface area contributed by atoms with Crippen molar-refractivity contribution >= 4 is 23.4 Å². The van der Waals surface area contributed by atoms with Gasteiger partial charge in [-0.2, -0.15) is 13.2 Å². The van der Waals surface area contributed by atoms with E-state index in [-0.39, 0.29) is 18.0 Å². The van der Waals surface area contributed by atoms with Gasteiger partial charge in [-0.15, -0.1) is 0 Å².